The first kappa shape index (κ1) is 14.6. The van der Waals surface area contributed by atoms with Gasteiger partial charge in [-0.15, -0.1) is 22.7 Å². The fourth-order valence-electron chi connectivity index (χ4n) is 2.45. The molecule has 3 heterocycles. The van der Waals surface area contributed by atoms with Crippen LogP contribution in [-0.4, -0.2) is 10.9 Å². The van der Waals surface area contributed by atoms with E-state index in [2.05, 4.69) is 10.3 Å². The van der Waals surface area contributed by atoms with Gasteiger partial charge in [-0.3, -0.25) is 4.79 Å². The summed E-state index contributed by atoms with van der Waals surface area (Å²) in [5, 5.41) is 7.24. The summed E-state index contributed by atoms with van der Waals surface area (Å²) in [7, 11) is 0. The van der Waals surface area contributed by atoms with Crippen molar-refractivity contribution < 1.29 is 4.79 Å². The van der Waals surface area contributed by atoms with Crippen molar-refractivity contribution in [3.8, 4) is 0 Å². The number of hydrogen-bond donors (Lipinski definition) is 1. The molecule has 0 aliphatic heterocycles. The summed E-state index contributed by atoms with van der Waals surface area (Å²) >= 11 is 9.36. The summed E-state index contributed by atoms with van der Waals surface area (Å²) in [5.41, 5.74) is 0.845. The highest BCUT2D eigenvalue weighted by molar-refractivity contribution is 7.21. The highest BCUT2D eigenvalue weighted by Crippen LogP contribution is 2.35. The lowest BCUT2D eigenvalue weighted by Crippen LogP contribution is -2.21. The molecule has 4 aromatic rings. The van der Waals surface area contributed by atoms with Gasteiger partial charge in [0.25, 0.3) is 5.91 Å². The number of benzene rings is 1. The smallest absolute Gasteiger partial charge is 0.261 e. The van der Waals surface area contributed by atoms with Gasteiger partial charge < -0.3 is 5.32 Å². The van der Waals surface area contributed by atoms with Crippen LogP contribution in [-0.2, 0) is 6.54 Å². The monoisotopic (exact) mass is 358 g/mol. The Hall–Kier alpha value is -1.95. The molecule has 0 radical (unpaired) electrons. The van der Waals surface area contributed by atoms with E-state index < -0.39 is 0 Å². The van der Waals surface area contributed by atoms with Gasteiger partial charge in [0.1, 0.15) is 5.15 Å². The number of aromatic nitrogens is 1. The maximum Gasteiger partial charge on any atom is 0.261 e. The zero-order chi connectivity index (χ0) is 15.8. The van der Waals surface area contributed by atoms with Gasteiger partial charge in [0, 0.05) is 20.3 Å². The minimum Gasteiger partial charge on any atom is -0.346 e. The lowest BCUT2D eigenvalue weighted by Gasteiger charge is -2.00. The average molecular weight is 359 g/mol. The number of carbonyl (C=O) groups is 1. The summed E-state index contributed by atoms with van der Waals surface area (Å²) in [6.07, 6.45) is 0. The van der Waals surface area contributed by atoms with E-state index in [-0.39, 0.29) is 5.91 Å². The van der Waals surface area contributed by atoms with Crippen LogP contribution in [0.1, 0.15) is 14.5 Å². The molecule has 0 aliphatic carbocycles. The molecule has 0 bridgehead atoms. The Morgan fingerprint density at radius 1 is 1.17 bits per heavy atom. The van der Waals surface area contributed by atoms with Crippen molar-refractivity contribution in [2.45, 2.75) is 6.54 Å². The van der Waals surface area contributed by atoms with E-state index >= 15 is 0 Å². The highest BCUT2D eigenvalue weighted by Gasteiger charge is 2.15. The fourth-order valence-corrected chi connectivity index (χ4v) is 4.50. The molecule has 0 unspecified atom stereocenters. The van der Waals surface area contributed by atoms with Crippen LogP contribution >= 0.6 is 34.3 Å². The van der Waals surface area contributed by atoms with Gasteiger partial charge in [0.05, 0.1) is 16.9 Å². The largest absolute Gasteiger partial charge is 0.346 e. The predicted octanol–water partition coefficient (Wildman–Crippen LogP) is 5.09. The van der Waals surface area contributed by atoms with Gasteiger partial charge in [-0.2, -0.15) is 0 Å². The lowest BCUT2D eigenvalue weighted by molar-refractivity contribution is 0.0955. The first-order chi connectivity index (χ1) is 11.2. The molecule has 0 fully saturated rings. The highest BCUT2D eigenvalue weighted by atomic mass is 35.5. The molecule has 1 aromatic carbocycles. The minimum atomic E-state index is -0.0836. The number of fused-ring (bicyclic) bond motifs is 3. The molecule has 114 valence electrons. The first-order valence-electron chi connectivity index (χ1n) is 7.01. The molecule has 0 saturated carbocycles. The van der Waals surface area contributed by atoms with Crippen LogP contribution in [0.5, 0.6) is 0 Å². The molecule has 4 rings (SSSR count). The number of pyridine rings is 1. The van der Waals surface area contributed by atoms with Crippen molar-refractivity contribution in [3.05, 3.63) is 62.8 Å². The van der Waals surface area contributed by atoms with Crippen molar-refractivity contribution in [1.82, 2.24) is 10.3 Å². The molecule has 6 heteroatoms. The number of para-hydroxylation sites is 1. The van der Waals surface area contributed by atoms with Crippen LogP contribution in [0.25, 0.3) is 21.0 Å². The number of rotatable bonds is 3. The van der Waals surface area contributed by atoms with E-state index in [1.807, 2.05) is 47.8 Å². The van der Waals surface area contributed by atoms with E-state index in [0.29, 0.717) is 16.6 Å². The van der Waals surface area contributed by atoms with Gasteiger partial charge in [-0.1, -0.05) is 35.9 Å². The van der Waals surface area contributed by atoms with Gasteiger partial charge >= 0.3 is 0 Å². The van der Waals surface area contributed by atoms with Crippen LogP contribution in [0.2, 0.25) is 5.15 Å². The molecule has 0 atom stereocenters. The third kappa shape index (κ3) is 2.72. The van der Waals surface area contributed by atoms with Gasteiger partial charge in [-0.25, -0.2) is 4.98 Å². The van der Waals surface area contributed by atoms with Crippen LogP contribution in [0.15, 0.2) is 47.8 Å². The maximum atomic E-state index is 12.4. The number of halogens is 1. The third-order valence-corrected chi connectivity index (χ3v) is 5.88. The zero-order valence-corrected chi connectivity index (χ0v) is 14.3. The average Bonchev–Trinajstić information content (AvgIpc) is 3.23. The zero-order valence-electron chi connectivity index (χ0n) is 11.9. The Bertz CT molecular complexity index is 1010. The summed E-state index contributed by atoms with van der Waals surface area (Å²) in [6.45, 7) is 0.539. The second-order valence-electron chi connectivity index (χ2n) is 5.04. The number of hydrogen-bond acceptors (Lipinski definition) is 4. The summed E-state index contributed by atoms with van der Waals surface area (Å²) in [4.78, 5) is 18.6. The lowest BCUT2D eigenvalue weighted by atomic mass is 10.2. The Morgan fingerprint density at radius 2 is 2.04 bits per heavy atom. The third-order valence-electron chi connectivity index (χ3n) is 3.55. The van der Waals surface area contributed by atoms with Gasteiger partial charge in [0.15, 0.2) is 0 Å². The van der Waals surface area contributed by atoms with E-state index in [9.17, 15) is 4.79 Å². The molecule has 3 aromatic heterocycles. The molecule has 0 saturated heterocycles. The van der Waals surface area contributed by atoms with E-state index in [1.54, 1.807) is 11.3 Å². The van der Waals surface area contributed by atoms with Crippen molar-refractivity contribution in [3.63, 3.8) is 0 Å². The molecule has 0 spiro atoms. The van der Waals surface area contributed by atoms with Crippen molar-refractivity contribution in [1.29, 1.82) is 0 Å². The molecule has 1 N–H and O–H groups in total. The normalized spacial score (nSPS) is 11.2. The minimum absolute atomic E-state index is 0.0836. The number of carbonyl (C=O) groups excluding carboxylic acids is 1. The molecule has 1 amide bonds. The summed E-state index contributed by atoms with van der Waals surface area (Å²) in [6, 6.07) is 13.6. The number of amides is 1. The van der Waals surface area contributed by atoms with Crippen LogP contribution in [0, 0.1) is 0 Å². The molecular weight excluding hydrogens is 348 g/mol. The van der Waals surface area contributed by atoms with Crippen LogP contribution in [0.3, 0.4) is 0 Å². The SMILES string of the molecule is O=C(NCc1cccs1)c1cc2c(Cl)nc3ccccc3c2s1. The summed E-state index contributed by atoms with van der Waals surface area (Å²) < 4.78 is 1.00. The quantitative estimate of drug-likeness (QED) is 0.518. The molecule has 3 nitrogen and oxygen atoms in total. The second-order valence-corrected chi connectivity index (χ2v) is 7.48. The van der Waals surface area contributed by atoms with Crippen molar-refractivity contribution in [2.24, 2.45) is 0 Å². The standard InChI is InChI=1S/C17H11ClN2OS2/c18-16-12-8-14(17(21)19-9-10-4-3-7-22-10)23-15(12)11-5-1-2-6-13(11)20-16/h1-8H,9H2,(H,19,21). The van der Waals surface area contributed by atoms with E-state index in [0.717, 1.165) is 25.9 Å². The molecular formula is C17H11ClN2OS2. The molecule has 23 heavy (non-hydrogen) atoms. The second kappa shape index (κ2) is 5.92. The van der Waals surface area contributed by atoms with Crippen LogP contribution in [0.4, 0.5) is 0 Å². The van der Waals surface area contributed by atoms with Crippen molar-refractivity contribution >= 4 is 61.2 Å². The first-order valence-corrected chi connectivity index (χ1v) is 9.08. The predicted molar refractivity (Wildman–Crippen MR) is 97.6 cm³/mol. The Labute approximate surface area is 145 Å². The maximum absolute atomic E-state index is 12.4. The molecule has 0 aliphatic rings. The number of thiophene rings is 2. The Kier molecular flexibility index (Phi) is 3.77. The van der Waals surface area contributed by atoms with Gasteiger partial charge in [0.2, 0.25) is 0 Å². The fraction of sp³-hybridized carbons (Fsp3) is 0.0588. The summed E-state index contributed by atoms with van der Waals surface area (Å²) in [5.74, 6) is -0.0836. The van der Waals surface area contributed by atoms with E-state index in [1.165, 1.54) is 11.3 Å². The van der Waals surface area contributed by atoms with Crippen LogP contribution < -0.4 is 5.32 Å². The Morgan fingerprint density at radius 3 is 2.87 bits per heavy atom. The van der Waals surface area contributed by atoms with Crippen molar-refractivity contribution in [2.75, 3.05) is 0 Å². The number of nitrogens with zero attached hydrogens (tertiary/aromatic N) is 1. The number of nitrogens with one attached hydrogen (secondary N) is 1. The van der Waals surface area contributed by atoms with Gasteiger partial charge in [-0.05, 0) is 23.6 Å². The topological polar surface area (TPSA) is 42.0 Å². The Balaban J connectivity index is 1.72. The van der Waals surface area contributed by atoms with E-state index in [4.69, 9.17) is 11.6 Å².